The van der Waals surface area contributed by atoms with Crippen LogP contribution < -0.4 is 10.2 Å². The third kappa shape index (κ3) is 4.75. The minimum Gasteiger partial charge on any atom is -0.461 e. The number of aryl methyl sites for hydroxylation is 1. The van der Waals surface area contributed by atoms with E-state index >= 15 is 0 Å². The standard InChI is InChI=1S/C20H29N3O2S/c1-3-18-17(16-7-4-5-8-19(16)25-18)15-22(2)20(26)21-9-6-10-23-11-13-24-14-12-23/h4-5,7-8H,3,6,9-15H2,1-2H3,(H,21,26)/p+1. The summed E-state index contributed by atoms with van der Waals surface area (Å²) in [6.45, 7) is 9.02. The summed E-state index contributed by atoms with van der Waals surface area (Å²) in [5.41, 5.74) is 2.20. The minimum atomic E-state index is 0.765. The van der Waals surface area contributed by atoms with Gasteiger partial charge in [-0.05, 0) is 18.3 Å². The Hall–Kier alpha value is -1.63. The Balaban J connectivity index is 1.49. The zero-order chi connectivity index (χ0) is 18.4. The van der Waals surface area contributed by atoms with Crippen molar-refractivity contribution in [2.75, 3.05) is 46.4 Å². The quantitative estimate of drug-likeness (QED) is 0.568. The van der Waals surface area contributed by atoms with Crippen LogP contribution in [0.5, 0.6) is 0 Å². The number of hydrogen-bond acceptors (Lipinski definition) is 3. The third-order valence-electron chi connectivity index (χ3n) is 5.03. The Bertz CT molecular complexity index is 725. The molecule has 0 atom stereocenters. The summed E-state index contributed by atoms with van der Waals surface area (Å²) < 4.78 is 11.4. The monoisotopic (exact) mass is 376 g/mol. The predicted molar refractivity (Wildman–Crippen MR) is 109 cm³/mol. The predicted octanol–water partition coefficient (Wildman–Crippen LogP) is 1.61. The van der Waals surface area contributed by atoms with Gasteiger partial charge in [0.05, 0.1) is 19.8 Å². The molecular weight excluding hydrogens is 346 g/mol. The molecule has 6 heteroatoms. The second kappa shape index (κ2) is 9.35. The maximum absolute atomic E-state index is 5.99. The van der Waals surface area contributed by atoms with Crippen LogP contribution in [0.3, 0.4) is 0 Å². The SMILES string of the molecule is CCc1oc2ccccc2c1CN(C)C(=S)NCCC[NH+]1CCOCC1. The van der Waals surface area contributed by atoms with Crippen LogP contribution in [0.4, 0.5) is 0 Å². The highest BCUT2D eigenvalue weighted by Gasteiger charge is 2.16. The average molecular weight is 377 g/mol. The van der Waals surface area contributed by atoms with E-state index in [1.807, 2.05) is 19.2 Å². The second-order valence-corrected chi connectivity index (χ2v) is 7.29. The topological polar surface area (TPSA) is 42.1 Å². The van der Waals surface area contributed by atoms with Gasteiger partial charge in [-0.25, -0.2) is 0 Å². The fourth-order valence-electron chi connectivity index (χ4n) is 3.50. The summed E-state index contributed by atoms with van der Waals surface area (Å²) in [6.07, 6.45) is 2.01. The maximum atomic E-state index is 5.99. The summed E-state index contributed by atoms with van der Waals surface area (Å²) >= 11 is 5.58. The molecule has 1 aromatic carbocycles. The van der Waals surface area contributed by atoms with E-state index in [-0.39, 0.29) is 0 Å². The van der Waals surface area contributed by atoms with Crippen LogP contribution in [0.2, 0.25) is 0 Å². The molecule has 2 N–H and O–H groups in total. The van der Waals surface area contributed by atoms with Crippen molar-refractivity contribution in [1.29, 1.82) is 0 Å². The molecule has 0 unspecified atom stereocenters. The summed E-state index contributed by atoms with van der Waals surface area (Å²) in [5, 5.41) is 5.39. The molecule has 0 spiro atoms. The Kier molecular flexibility index (Phi) is 6.88. The molecule has 0 amide bonds. The van der Waals surface area contributed by atoms with Crippen molar-refractivity contribution in [2.24, 2.45) is 0 Å². The number of quaternary nitrogens is 1. The van der Waals surface area contributed by atoms with E-state index in [1.54, 1.807) is 4.90 Å². The van der Waals surface area contributed by atoms with E-state index in [9.17, 15) is 0 Å². The largest absolute Gasteiger partial charge is 0.461 e. The highest BCUT2D eigenvalue weighted by Crippen LogP contribution is 2.27. The molecule has 2 aromatic rings. The van der Waals surface area contributed by atoms with Crippen molar-refractivity contribution >= 4 is 28.3 Å². The molecule has 1 aliphatic heterocycles. The van der Waals surface area contributed by atoms with Gasteiger partial charge in [0.1, 0.15) is 24.4 Å². The average Bonchev–Trinajstić information content (AvgIpc) is 3.03. The van der Waals surface area contributed by atoms with Crippen molar-refractivity contribution in [3.63, 3.8) is 0 Å². The molecule has 3 rings (SSSR count). The lowest BCUT2D eigenvalue weighted by atomic mass is 10.1. The number of rotatable bonds is 7. The van der Waals surface area contributed by atoms with E-state index < -0.39 is 0 Å². The lowest BCUT2D eigenvalue weighted by Crippen LogP contribution is -3.14. The van der Waals surface area contributed by atoms with Crippen molar-refractivity contribution in [2.45, 2.75) is 26.3 Å². The number of ether oxygens (including phenoxy) is 1. The highest BCUT2D eigenvalue weighted by atomic mass is 32.1. The Labute approximate surface area is 161 Å². The Morgan fingerprint density at radius 2 is 2.04 bits per heavy atom. The first kappa shape index (κ1) is 19.1. The molecule has 26 heavy (non-hydrogen) atoms. The molecule has 2 heterocycles. The summed E-state index contributed by atoms with van der Waals surface area (Å²) in [6, 6.07) is 8.23. The Morgan fingerprint density at radius 1 is 1.27 bits per heavy atom. The number of furan rings is 1. The first-order chi connectivity index (χ1) is 12.7. The summed E-state index contributed by atoms with van der Waals surface area (Å²) in [7, 11) is 2.05. The van der Waals surface area contributed by atoms with Gasteiger partial charge in [0.2, 0.25) is 0 Å². The van der Waals surface area contributed by atoms with Crippen molar-refractivity contribution in [1.82, 2.24) is 10.2 Å². The van der Waals surface area contributed by atoms with Crippen LogP contribution in [0.1, 0.15) is 24.7 Å². The van der Waals surface area contributed by atoms with Gasteiger partial charge < -0.3 is 24.3 Å². The van der Waals surface area contributed by atoms with Crippen LogP contribution in [-0.4, -0.2) is 56.5 Å². The van der Waals surface area contributed by atoms with Crippen LogP contribution in [-0.2, 0) is 17.7 Å². The van der Waals surface area contributed by atoms with E-state index in [0.29, 0.717) is 0 Å². The van der Waals surface area contributed by atoms with Gasteiger partial charge in [0.15, 0.2) is 5.11 Å². The summed E-state index contributed by atoms with van der Waals surface area (Å²) in [4.78, 5) is 3.74. The molecule has 0 saturated carbocycles. The van der Waals surface area contributed by atoms with Gasteiger partial charge in [0, 0.05) is 43.9 Å². The van der Waals surface area contributed by atoms with Gasteiger partial charge >= 0.3 is 0 Å². The smallest absolute Gasteiger partial charge is 0.168 e. The molecule has 1 aliphatic rings. The number of thiocarbonyl (C=S) groups is 1. The number of nitrogens with one attached hydrogen (secondary N) is 2. The van der Waals surface area contributed by atoms with Gasteiger partial charge in [-0.2, -0.15) is 0 Å². The number of para-hydroxylation sites is 1. The van der Waals surface area contributed by atoms with Gasteiger partial charge in [-0.1, -0.05) is 25.1 Å². The molecular formula is C20H30N3O2S+. The molecule has 0 radical (unpaired) electrons. The van der Waals surface area contributed by atoms with Crippen LogP contribution in [0.15, 0.2) is 28.7 Å². The Morgan fingerprint density at radius 3 is 2.81 bits per heavy atom. The zero-order valence-corrected chi connectivity index (χ0v) is 16.7. The first-order valence-electron chi connectivity index (χ1n) is 9.58. The number of fused-ring (bicyclic) bond motifs is 1. The molecule has 0 aliphatic carbocycles. The number of hydrogen-bond donors (Lipinski definition) is 2. The molecule has 0 bridgehead atoms. The van der Waals surface area contributed by atoms with Gasteiger partial charge in [0.25, 0.3) is 0 Å². The minimum absolute atomic E-state index is 0.765. The van der Waals surface area contributed by atoms with Crippen molar-refractivity contribution < 1.29 is 14.1 Å². The molecule has 142 valence electrons. The molecule has 1 aromatic heterocycles. The normalized spacial score (nSPS) is 15.3. The maximum Gasteiger partial charge on any atom is 0.168 e. The molecule has 1 saturated heterocycles. The number of nitrogens with zero attached hydrogens (tertiary/aromatic N) is 1. The van der Waals surface area contributed by atoms with Crippen LogP contribution in [0, 0.1) is 0 Å². The fraction of sp³-hybridized carbons (Fsp3) is 0.550. The summed E-state index contributed by atoms with van der Waals surface area (Å²) in [5.74, 6) is 1.05. The van der Waals surface area contributed by atoms with Gasteiger partial charge in [-0.3, -0.25) is 0 Å². The number of benzene rings is 1. The van der Waals surface area contributed by atoms with E-state index in [0.717, 1.165) is 68.7 Å². The van der Waals surface area contributed by atoms with E-state index in [2.05, 4.69) is 29.3 Å². The zero-order valence-electron chi connectivity index (χ0n) is 15.8. The molecule has 5 nitrogen and oxygen atoms in total. The number of morpholine rings is 1. The van der Waals surface area contributed by atoms with E-state index in [4.69, 9.17) is 21.4 Å². The first-order valence-corrected chi connectivity index (χ1v) is 9.99. The second-order valence-electron chi connectivity index (χ2n) is 6.91. The third-order valence-corrected chi connectivity index (χ3v) is 5.48. The van der Waals surface area contributed by atoms with Crippen molar-refractivity contribution in [3.05, 3.63) is 35.6 Å². The van der Waals surface area contributed by atoms with Crippen molar-refractivity contribution in [3.8, 4) is 0 Å². The van der Waals surface area contributed by atoms with Gasteiger partial charge in [-0.15, -0.1) is 0 Å². The fourth-order valence-corrected chi connectivity index (χ4v) is 3.66. The molecule has 1 fully saturated rings. The highest BCUT2D eigenvalue weighted by molar-refractivity contribution is 7.80. The van der Waals surface area contributed by atoms with E-state index in [1.165, 1.54) is 17.5 Å². The van der Waals surface area contributed by atoms with Crippen LogP contribution in [0.25, 0.3) is 11.0 Å². The lowest BCUT2D eigenvalue weighted by Gasteiger charge is -2.24. The lowest BCUT2D eigenvalue weighted by molar-refractivity contribution is -0.908. The van der Waals surface area contributed by atoms with Crippen LogP contribution >= 0.6 is 12.2 Å².